The Balaban J connectivity index is 2.77. The van der Waals surface area contributed by atoms with Crippen molar-refractivity contribution in [3.63, 3.8) is 0 Å². The largest absolute Gasteiger partial charge is 0.385 e. The lowest BCUT2D eigenvalue weighted by molar-refractivity contribution is 0.198. The third-order valence-corrected chi connectivity index (χ3v) is 2.13. The Hall–Kier alpha value is -2.04. The van der Waals surface area contributed by atoms with Crippen LogP contribution in [0.2, 0.25) is 0 Å². The van der Waals surface area contributed by atoms with Gasteiger partial charge in [-0.3, -0.25) is 0 Å². The SMILES string of the molecule is COCCCNc1c(C#N)cccc1C#N. The van der Waals surface area contributed by atoms with Crippen LogP contribution in [0.3, 0.4) is 0 Å². The predicted octanol–water partition coefficient (Wildman–Crippen LogP) is 1.88. The van der Waals surface area contributed by atoms with Crippen LogP contribution in [0.5, 0.6) is 0 Å². The van der Waals surface area contributed by atoms with Gasteiger partial charge in [-0.15, -0.1) is 0 Å². The van der Waals surface area contributed by atoms with Crippen molar-refractivity contribution in [3.05, 3.63) is 29.3 Å². The highest BCUT2D eigenvalue weighted by Gasteiger charge is 2.06. The first-order valence-corrected chi connectivity index (χ1v) is 4.99. The first-order chi connectivity index (χ1) is 7.83. The van der Waals surface area contributed by atoms with E-state index in [2.05, 4.69) is 17.5 Å². The van der Waals surface area contributed by atoms with E-state index >= 15 is 0 Å². The summed E-state index contributed by atoms with van der Waals surface area (Å²) in [6.07, 6.45) is 0.834. The summed E-state index contributed by atoms with van der Waals surface area (Å²) in [5.41, 5.74) is 1.61. The number of hydrogen-bond donors (Lipinski definition) is 1. The number of para-hydroxylation sites is 1. The van der Waals surface area contributed by atoms with Gasteiger partial charge in [0.25, 0.3) is 0 Å². The van der Waals surface area contributed by atoms with Gasteiger partial charge >= 0.3 is 0 Å². The summed E-state index contributed by atoms with van der Waals surface area (Å²) in [7, 11) is 1.64. The number of benzene rings is 1. The second-order valence-electron chi connectivity index (χ2n) is 3.22. The van der Waals surface area contributed by atoms with Crippen LogP contribution < -0.4 is 5.32 Å². The van der Waals surface area contributed by atoms with Crippen LogP contribution >= 0.6 is 0 Å². The Bertz CT molecular complexity index is 397. The zero-order valence-electron chi connectivity index (χ0n) is 9.16. The molecule has 0 saturated carbocycles. The average Bonchev–Trinajstić information content (AvgIpc) is 2.34. The number of hydrogen-bond acceptors (Lipinski definition) is 4. The van der Waals surface area contributed by atoms with Gasteiger partial charge in [-0.1, -0.05) is 6.07 Å². The normalized spacial score (nSPS) is 9.19. The molecule has 0 aromatic heterocycles. The highest BCUT2D eigenvalue weighted by atomic mass is 16.5. The van der Waals surface area contributed by atoms with Crippen molar-refractivity contribution in [2.75, 3.05) is 25.6 Å². The summed E-state index contributed by atoms with van der Waals surface area (Å²) in [5.74, 6) is 0. The monoisotopic (exact) mass is 215 g/mol. The Morgan fingerprint density at radius 1 is 1.25 bits per heavy atom. The first kappa shape index (κ1) is 12.0. The van der Waals surface area contributed by atoms with E-state index in [1.807, 2.05) is 0 Å². The van der Waals surface area contributed by atoms with Gasteiger partial charge in [0.05, 0.1) is 16.8 Å². The zero-order valence-corrected chi connectivity index (χ0v) is 9.16. The van der Waals surface area contributed by atoms with Crippen molar-refractivity contribution in [2.24, 2.45) is 0 Å². The minimum Gasteiger partial charge on any atom is -0.385 e. The Morgan fingerprint density at radius 3 is 2.38 bits per heavy atom. The van der Waals surface area contributed by atoms with Crippen LogP contribution in [0.25, 0.3) is 0 Å². The van der Waals surface area contributed by atoms with Crippen molar-refractivity contribution in [1.82, 2.24) is 0 Å². The number of nitrogens with zero attached hydrogens (tertiary/aromatic N) is 2. The van der Waals surface area contributed by atoms with Crippen molar-refractivity contribution in [1.29, 1.82) is 10.5 Å². The summed E-state index contributed by atoms with van der Waals surface area (Å²) in [6, 6.07) is 9.23. The van der Waals surface area contributed by atoms with Crippen LogP contribution in [0, 0.1) is 22.7 Å². The van der Waals surface area contributed by atoms with Gasteiger partial charge in [0.1, 0.15) is 12.1 Å². The zero-order chi connectivity index (χ0) is 11.8. The van der Waals surface area contributed by atoms with E-state index in [1.54, 1.807) is 25.3 Å². The molecule has 82 valence electrons. The van der Waals surface area contributed by atoms with Crippen LogP contribution in [-0.2, 0) is 4.74 Å². The average molecular weight is 215 g/mol. The van der Waals surface area contributed by atoms with E-state index in [4.69, 9.17) is 15.3 Å². The summed E-state index contributed by atoms with van der Waals surface area (Å²) >= 11 is 0. The van der Waals surface area contributed by atoms with Gasteiger partial charge in [-0.05, 0) is 18.6 Å². The van der Waals surface area contributed by atoms with E-state index in [0.717, 1.165) is 6.42 Å². The maximum Gasteiger partial charge on any atom is 0.101 e. The van der Waals surface area contributed by atoms with Crippen LogP contribution in [0.1, 0.15) is 17.5 Å². The molecule has 1 aromatic rings. The summed E-state index contributed by atoms with van der Waals surface area (Å²) in [5, 5.41) is 20.9. The molecule has 0 amide bonds. The molecule has 4 nitrogen and oxygen atoms in total. The quantitative estimate of drug-likeness (QED) is 0.761. The Kier molecular flexibility index (Phi) is 4.85. The molecule has 0 saturated heterocycles. The highest BCUT2D eigenvalue weighted by Crippen LogP contribution is 2.19. The van der Waals surface area contributed by atoms with Crippen molar-refractivity contribution in [3.8, 4) is 12.1 Å². The molecule has 16 heavy (non-hydrogen) atoms. The second-order valence-corrected chi connectivity index (χ2v) is 3.22. The maximum absolute atomic E-state index is 8.92. The van der Waals surface area contributed by atoms with Crippen molar-refractivity contribution in [2.45, 2.75) is 6.42 Å². The molecule has 1 aromatic carbocycles. The van der Waals surface area contributed by atoms with Gasteiger partial charge in [-0.25, -0.2) is 0 Å². The van der Waals surface area contributed by atoms with Gasteiger partial charge < -0.3 is 10.1 Å². The van der Waals surface area contributed by atoms with Crippen molar-refractivity contribution >= 4 is 5.69 Å². The molecule has 0 atom stereocenters. The van der Waals surface area contributed by atoms with Gasteiger partial charge in [0.15, 0.2) is 0 Å². The number of anilines is 1. The van der Waals surface area contributed by atoms with Crippen molar-refractivity contribution < 1.29 is 4.74 Å². The van der Waals surface area contributed by atoms with E-state index in [9.17, 15) is 0 Å². The topological polar surface area (TPSA) is 68.8 Å². The van der Waals surface area contributed by atoms with E-state index in [-0.39, 0.29) is 0 Å². The van der Waals surface area contributed by atoms with Crippen LogP contribution in [0.4, 0.5) is 5.69 Å². The summed E-state index contributed by atoms with van der Waals surface area (Å²) in [4.78, 5) is 0. The molecule has 0 aliphatic carbocycles. The molecule has 4 heteroatoms. The number of nitriles is 2. The molecule has 0 bridgehead atoms. The number of methoxy groups -OCH3 is 1. The molecule has 0 unspecified atom stereocenters. The molecule has 0 radical (unpaired) electrons. The lowest BCUT2D eigenvalue weighted by Gasteiger charge is -2.09. The van der Waals surface area contributed by atoms with Gasteiger partial charge in [-0.2, -0.15) is 10.5 Å². The fraction of sp³-hybridized carbons (Fsp3) is 0.333. The third kappa shape index (κ3) is 2.98. The van der Waals surface area contributed by atoms with Crippen LogP contribution in [0.15, 0.2) is 18.2 Å². The fourth-order valence-corrected chi connectivity index (χ4v) is 1.36. The Morgan fingerprint density at radius 2 is 1.88 bits per heavy atom. The molecular weight excluding hydrogens is 202 g/mol. The molecule has 0 fully saturated rings. The predicted molar refractivity (Wildman–Crippen MR) is 60.9 cm³/mol. The van der Waals surface area contributed by atoms with E-state index in [0.29, 0.717) is 30.0 Å². The van der Waals surface area contributed by atoms with Crippen LogP contribution in [-0.4, -0.2) is 20.3 Å². The molecule has 1 N–H and O–H groups in total. The molecule has 1 rings (SSSR count). The molecule has 0 aliphatic heterocycles. The molecule has 0 heterocycles. The number of nitrogens with one attached hydrogen (secondary N) is 1. The summed E-state index contributed by atoms with van der Waals surface area (Å²) in [6.45, 7) is 1.34. The molecular formula is C12H13N3O. The van der Waals surface area contributed by atoms with Gasteiger partial charge in [0, 0.05) is 20.3 Å². The van der Waals surface area contributed by atoms with E-state index < -0.39 is 0 Å². The maximum atomic E-state index is 8.92. The minimum atomic E-state index is 0.497. The standard InChI is InChI=1S/C12H13N3O/c1-16-7-3-6-15-12-10(8-13)4-2-5-11(12)9-14/h2,4-5,15H,3,6-7H2,1H3. The highest BCUT2D eigenvalue weighted by molar-refractivity contribution is 5.66. The first-order valence-electron chi connectivity index (χ1n) is 4.99. The van der Waals surface area contributed by atoms with E-state index in [1.165, 1.54) is 0 Å². The number of rotatable bonds is 5. The second kappa shape index (κ2) is 6.44. The lowest BCUT2D eigenvalue weighted by atomic mass is 10.1. The Labute approximate surface area is 95.1 Å². The fourth-order valence-electron chi connectivity index (χ4n) is 1.36. The number of ether oxygens (including phenoxy) is 1. The summed E-state index contributed by atoms with van der Waals surface area (Å²) < 4.78 is 4.92. The molecule has 0 spiro atoms. The lowest BCUT2D eigenvalue weighted by Crippen LogP contribution is -2.07. The molecule has 0 aliphatic rings. The minimum absolute atomic E-state index is 0.497. The third-order valence-electron chi connectivity index (χ3n) is 2.13. The van der Waals surface area contributed by atoms with Gasteiger partial charge in [0.2, 0.25) is 0 Å². The smallest absolute Gasteiger partial charge is 0.101 e.